The largest absolute Gasteiger partial charge is 0.481 e. The molecule has 2 aromatic rings. The molecule has 0 saturated heterocycles. The molecule has 0 aliphatic carbocycles. The van der Waals surface area contributed by atoms with Gasteiger partial charge in [-0.25, -0.2) is 9.07 Å². The maximum absolute atomic E-state index is 13.9. The number of hydrogen-bond acceptors (Lipinski definition) is 4. The second kappa shape index (κ2) is 8.39. The lowest BCUT2D eigenvalue weighted by atomic mass is 10.2. The van der Waals surface area contributed by atoms with Crippen molar-refractivity contribution in [3.63, 3.8) is 0 Å². The SMILES string of the molecule is O=C(O)CCCCCNC(=O)c1cn(-c2cccc(Cl)c2F)nn1. The summed E-state index contributed by atoms with van der Waals surface area (Å²) in [6.07, 6.45) is 3.36. The molecule has 1 aromatic carbocycles. The fourth-order valence-corrected chi connectivity index (χ4v) is 2.19. The van der Waals surface area contributed by atoms with Crippen molar-refractivity contribution in [2.24, 2.45) is 0 Å². The van der Waals surface area contributed by atoms with Gasteiger partial charge in [0, 0.05) is 13.0 Å². The Morgan fingerprint density at radius 2 is 2.08 bits per heavy atom. The number of nitrogens with one attached hydrogen (secondary N) is 1. The summed E-state index contributed by atoms with van der Waals surface area (Å²) in [4.78, 5) is 22.3. The number of nitrogens with zero attached hydrogens (tertiary/aromatic N) is 3. The summed E-state index contributed by atoms with van der Waals surface area (Å²) >= 11 is 5.71. The molecule has 0 aliphatic rings. The zero-order valence-electron chi connectivity index (χ0n) is 12.7. The summed E-state index contributed by atoms with van der Waals surface area (Å²) in [5.74, 6) is -1.90. The zero-order valence-corrected chi connectivity index (χ0v) is 13.5. The van der Waals surface area contributed by atoms with Crippen LogP contribution in [0.3, 0.4) is 0 Å². The standard InChI is InChI=1S/C15H16ClFN4O3/c16-10-5-4-6-12(14(10)17)21-9-11(19-20-21)15(24)18-8-3-1-2-7-13(22)23/h4-6,9H,1-3,7-8H2,(H,18,24)(H,22,23). The van der Waals surface area contributed by atoms with Crippen molar-refractivity contribution in [1.29, 1.82) is 0 Å². The maximum Gasteiger partial charge on any atom is 0.303 e. The summed E-state index contributed by atoms with van der Waals surface area (Å²) in [5, 5.41) is 18.6. The van der Waals surface area contributed by atoms with Crippen LogP contribution < -0.4 is 5.32 Å². The second-order valence-electron chi connectivity index (χ2n) is 5.08. The van der Waals surface area contributed by atoms with Gasteiger partial charge in [0.1, 0.15) is 5.69 Å². The van der Waals surface area contributed by atoms with Gasteiger partial charge in [-0.3, -0.25) is 9.59 Å². The van der Waals surface area contributed by atoms with Crippen molar-refractivity contribution in [1.82, 2.24) is 20.3 Å². The van der Waals surface area contributed by atoms with Gasteiger partial charge < -0.3 is 10.4 Å². The number of amides is 1. The molecule has 2 rings (SSSR count). The van der Waals surface area contributed by atoms with Gasteiger partial charge in [0.25, 0.3) is 5.91 Å². The van der Waals surface area contributed by atoms with Crippen LogP contribution in [0, 0.1) is 5.82 Å². The normalized spacial score (nSPS) is 10.6. The number of rotatable bonds is 8. The molecule has 0 fully saturated rings. The number of carboxylic acids is 1. The fraction of sp³-hybridized carbons (Fsp3) is 0.333. The average molecular weight is 355 g/mol. The highest BCUT2D eigenvalue weighted by atomic mass is 35.5. The Balaban J connectivity index is 1.87. The van der Waals surface area contributed by atoms with Crippen molar-refractivity contribution in [3.05, 3.63) is 40.9 Å². The first-order valence-electron chi connectivity index (χ1n) is 7.36. The van der Waals surface area contributed by atoms with Gasteiger partial charge in [0.05, 0.1) is 11.2 Å². The monoisotopic (exact) mass is 354 g/mol. The van der Waals surface area contributed by atoms with E-state index in [-0.39, 0.29) is 22.8 Å². The number of halogens is 2. The molecule has 1 aromatic heterocycles. The van der Waals surface area contributed by atoms with E-state index in [1.807, 2.05) is 0 Å². The Bertz CT molecular complexity index is 735. The lowest BCUT2D eigenvalue weighted by Gasteiger charge is -2.03. The summed E-state index contributed by atoms with van der Waals surface area (Å²) in [6, 6.07) is 4.45. The topological polar surface area (TPSA) is 97.1 Å². The summed E-state index contributed by atoms with van der Waals surface area (Å²) in [6.45, 7) is 0.400. The van der Waals surface area contributed by atoms with E-state index < -0.39 is 17.7 Å². The highest BCUT2D eigenvalue weighted by Gasteiger charge is 2.14. The van der Waals surface area contributed by atoms with Crippen molar-refractivity contribution >= 4 is 23.5 Å². The minimum atomic E-state index is -0.830. The van der Waals surface area contributed by atoms with Crippen LogP contribution in [0.5, 0.6) is 0 Å². The highest BCUT2D eigenvalue weighted by Crippen LogP contribution is 2.20. The zero-order chi connectivity index (χ0) is 17.5. The first-order chi connectivity index (χ1) is 11.5. The smallest absolute Gasteiger partial charge is 0.303 e. The molecule has 128 valence electrons. The third-order valence-electron chi connectivity index (χ3n) is 3.26. The van der Waals surface area contributed by atoms with Crippen LogP contribution in [0.25, 0.3) is 5.69 Å². The van der Waals surface area contributed by atoms with Crippen molar-refractivity contribution in [2.45, 2.75) is 25.7 Å². The third kappa shape index (κ3) is 4.76. The van der Waals surface area contributed by atoms with E-state index in [9.17, 15) is 14.0 Å². The van der Waals surface area contributed by atoms with Gasteiger partial charge >= 0.3 is 5.97 Å². The highest BCUT2D eigenvalue weighted by molar-refractivity contribution is 6.30. The molecule has 7 nitrogen and oxygen atoms in total. The lowest BCUT2D eigenvalue weighted by molar-refractivity contribution is -0.137. The Morgan fingerprint density at radius 3 is 2.83 bits per heavy atom. The molecule has 0 radical (unpaired) electrons. The molecule has 1 heterocycles. The number of unbranched alkanes of at least 4 members (excludes halogenated alkanes) is 2. The molecule has 1 amide bonds. The predicted octanol–water partition coefficient (Wildman–Crippen LogP) is 2.43. The van der Waals surface area contributed by atoms with Crippen LogP contribution in [0.4, 0.5) is 4.39 Å². The number of carbonyl (C=O) groups is 2. The molecule has 0 bridgehead atoms. The number of carboxylic acid groups (broad SMARTS) is 1. The van der Waals surface area contributed by atoms with Crippen molar-refractivity contribution in [3.8, 4) is 5.69 Å². The quantitative estimate of drug-likeness (QED) is 0.709. The van der Waals surface area contributed by atoms with E-state index in [4.69, 9.17) is 16.7 Å². The predicted molar refractivity (Wildman–Crippen MR) is 84.8 cm³/mol. The van der Waals surface area contributed by atoms with Crippen molar-refractivity contribution < 1.29 is 19.1 Å². The van der Waals surface area contributed by atoms with Crippen LogP contribution in [-0.2, 0) is 4.79 Å². The maximum atomic E-state index is 13.9. The van der Waals surface area contributed by atoms with Crippen LogP contribution in [0.15, 0.2) is 24.4 Å². The molecular weight excluding hydrogens is 339 g/mol. The van der Waals surface area contributed by atoms with E-state index in [2.05, 4.69) is 15.6 Å². The van der Waals surface area contributed by atoms with Crippen LogP contribution >= 0.6 is 11.6 Å². The van der Waals surface area contributed by atoms with E-state index >= 15 is 0 Å². The number of aromatic nitrogens is 3. The van der Waals surface area contributed by atoms with Gasteiger partial charge in [-0.05, 0) is 25.0 Å². The van der Waals surface area contributed by atoms with E-state index in [0.717, 1.165) is 4.68 Å². The number of benzene rings is 1. The van der Waals surface area contributed by atoms with Gasteiger partial charge in [0.15, 0.2) is 11.5 Å². The fourth-order valence-electron chi connectivity index (χ4n) is 2.03. The van der Waals surface area contributed by atoms with Gasteiger partial charge in [-0.1, -0.05) is 29.3 Å². The summed E-state index contributed by atoms with van der Waals surface area (Å²) in [7, 11) is 0. The Hall–Kier alpha value is -2.48. The van der Waals surface area contributed by atoms with E-state index in [1.54, 1.807) is 6.07 Å². The van der Waals surface area contributed by atoms with Gasteiger partial charge in [-0.15, -0.1) is 5.10 Å². The molecule has 0 spiro atoms. The summed E-state index contributed by atoms with van der Waals surface area (Å²) < 4.78 is 15.1. The van der Waals surface area contributed by atoms with Crippen LogP contribution in [-0.4, -0.2) is 38.5 Å². The molecule has 9 heteroatoms. The molecule has 0 atom stereocenters. The molecule has 0 aliphatic heterocycles. The summed E-state index contributed by atoms with van der Waals surface area (Å²) in [5.41, 5.74) is 0.155. The molecule has 24 heavy (non-hydrogen) atoms. The number of hydrogen-bond donors (Lipinski definition) is 2. The second-order valence-corrected chi connectivity index (χ2v) is 5.49. The Morgan fingerprint density at radius 1 is 1.29 bits per heavy atom. The minimum absolute atomic E-state index is 0.0460. The van der Waals surface area contributed by atoms with E-state index in [1.165, 1.54) is 18.3 Å². The van der Waals surface area contributed by atoms with E-state index in [0.29, 0.717) is 25.8 Å². The number of carbonyl (C=O) groups excluding carboxylic acids is 1. The van der Waals surface area contributed by atoms with Gasteiger partial charge in [0.2, 0.25) is 0 Å². The molecule has 0 saturated carbocycles. The Labute approximate surface area is 142 Å². The molecule has 2 N–H and O–H groups in total. The van der Waals surface area contributed by atoms with Crippen LogP contribution in [0.1, 0.15) is 36.2 Å². The third-order valence-corrected chi connectivity index (χ3v) is 3.55. The lowest BCUT2D eigenvalue weighted by Crippen LogP contribution is -2.24. The first kappa shape index (κ1) is 17.9. The first-order valence-corrected chi connectivity index (χ1v) is 7.73. The average Bonchev–Trinajstić information content (AvgIpc) is 3.02. The number of aliphatic carboxylic acids is 1. The van der Waals surface area contributed by atoms with Gasteiger partial charge in [-0.2, -0.15) is 0 Å². The molecule has 0 unspecified atom stereocenters. The Kier molecular flexibility index (Phi) is 6.25. The molecular formula is C15H16ClFN4O3. The van der Waals surface area contributed by atoms with Crippen molar-refractivity contribution in [2.75, 3.05) is 6.54 Å². The minimum Gasteiger partial charge on any atom is -0.481 e. The van der Waals surface area contributed by atoms with Crippen LogP contribution in [0.2, 0.25) is 5.02 Å².